The van der Waals surface area contributed by atoms with Crippen molar-refractivity contribution in [3.05, 3.63) is 131 Å². The summed E-state index contributed by atoms with van der Waals surface area (Å²) in [6.07, 6.45) is 2.48. The van der Waals surface area contributed by atoms with E-state index in [0.717, 1.165) is 39.0 Å². The van der Waals surface area contributed by atoms with Crippen molar-refractivity contribution in [1.82, 2.24) is 24.4 Å². The van der Waals surface area contributed by atoms with E-state index in [9.17, 15) is 27.2 Å². The number of benzene rings is 4. The van der Waals surface area contributed by atoms with Gasteiger partial charge >= 0.3 is 5.97 Å². The van der Waals surface area contributed by atoms with Crippen LogP contribution < -0.4 is 11.1 Å². The predicted octanol–water partition coefficient (Wildman–Crippen LogP) is 6.78. The molecule has 0 aliphatic carbocycles. The Labute approximate surface area is 314 Å². The molecule has 284 valence electrons. The molecule has 0 saturated heterocycles. The number of amides is 1. The second kappa shape index (κ2) is 17.5. The third-order valence-corrected chi connectivity index (χ3v) is 8.60. The van der Waals surface area contributed by atoms with Crippen LogP contribution in [0.5, 0.6) is 0 Å². The van der Waals surface area contributed by atoms with Crippen LogP contribution in [0.25, 0.3) is 22.1 Å². The van der Waals surface area contributed by atoms with E-state index >= 15 is 0 Å². The number of nitrogens with one attached hydrogen (secondary N) is 1. The van der Waals surface area contributed by atoms with Crippen molar-refractivity contribution < 1.29 is 32.3 Å². The third kappa shape index (κ3) is 10.1. The van der Waals surface area contributed by atoms with E-state index in [-0.39, 0.29) is 41.1 Å². The van der Waals surface area contributed by atoms with Gasteiger partial charge in [0.2, 0.25) is 5.91 Å². The number of nitrogens with zero attached hydrogens (tertiary/aromatic N) is 6. The number of nitrogens with two attached hydrogens (primary N) is 1. The molecule has 0 atom stereocenters. The van der Waals surface area contributed by atoms with Crippen LogP contribution in [-0.2, 0) is 46.6 Å². The molecule has 0 aliphatic rings. The summed E-state index contributed by atoms with van der Waals surface area (Å²) in [6.45, 7) is 7.70. The van der Waals surface area contributed by atoms with Crippen LogP contribution in [0.2, 0.25) is 0 Å². The van der Waals surface area contributed by atoms with Crippen molar-refractivity contribution >= 4 is 33.9 Å². The molecular formula is C40H38F4N8O3. The standard InChI is InChI=1S/C20H18F2N4O.C11H14N2.C9H6F2N2O2/c1-20(2,11-23)14-5-3-13(4-6-14)9-24-17(27)10-26-12-25-16-8-7-15(21)18(22)19(16)26;1-11(2,8-13)10-5-3-9(7-12)4-6-10;10-5-1-2-6-9(8(5)11)13(4-12-6)3-7(14)15/h3-8,12H,9-10H2,1-2H3,(H,24,27);3-6H,7,12H2,1-2H3;1-2,4H,3H2,(H,14,15). The summed E-state index contributed by atoms with van der Waals surface area (Å²) < 4.78 is 55.9. The number of fused-ring (bicyclic) bond motifs is 2. The monoisotopic (exact) mass is 754 g/mol. The molecular weight excluding hydrogens is 716 g/mol. The SMILES string of the molecule is CC(C)(C#N)c1ccc(CN)cc1.CC(C)(C#N)c1ccc(CNC(=O)Cn2cnc3ccc(F)c(F)c32)cc1.O=C(O)Cn1cnc2ccc(F)c(F)c21. The molecule has 2 aromatic heterocycles. The van der Waals surface area contributed by atoms with Gasteiger partial charge in [-0.25, -0.2) is 27.5 Å². The number of aliphatic carboxylic acids is 1. The van der Waals surface area contributed by atoms with Crippen LogP contribution in [0, 0.1) is 45.9 Å². The smallest absolute Gasteiger partial charge is 0.323 e. The van der Waals surface area contributed by atoms with E-state index in [4.69, 9.17) is 21.4 Å². The zero-order valence-corrected chi connectivity index (χ0v) is 30.4. The minimum atomic E-state index is -1.14. The molecule has 55 heavy (non-hydrogen) atoms. The number of aromatic nitrogens is 4. The van der Waals surface area contributed by atoms with Crippen molar-refractivity contribution in [3.8, 4) is 12.1 Å². The van der Waals surface area contributed by atoms with Crippen LogP contribution >= 0.6 is 0 Å². The van der Waals surface area contributed by atoms with Crippen molar-refractivity contribution in [1.29, 1.82) is 10.5 Å². The van der Waals surface area contributed by atoms with Gasteiger partial charge in [-0.05, 0) is 74.2 Å². The zero-order chi connectivity index (χ0) is 40.5. The first-order valence-corrected chi connectivity index (χ1v) is 16.8. The fourth-order valence-corrected chi connectivity index (χ4v) is 5.22. The molecule has 0 saturated carbocycles. The van der Waals surface area contributed by atoms with Crippen LogP contribution in [0.3, 0.4) is 0 Å². The molecule has 2 heterocycles. The molecule has 0 bridgehead atoms. The minimum absolute atomic E-state index is 0.0340. The number of hydrogen-bond acceptors (Lipinski definition) is 7. The molecule has 0 aliphatic heterocycles. The van der Waals surface area contributed by atoms with Crippen LogP contribution in [0.4, 0.5) is 17.6 Å². The molecule has 4 N–H and O–H groups in total. The fraction of sp³-hybridized carbons (Fsp3) is 0.250. The summed E-state index contributed by atoms with van der Waals surface area (Å²) in [5.74, 6) is -5.59. The fourth-order valence-electron chi connectivity index (χ4n) is 5.22. The second-order valence-electron chi connectivity index (χ2n) is 13.4. The van der Waals surface area contributed by atoms with Crippen LogP contribution in [0.15, 0.2) is 85.5 Å². The van der Waals surface area contributed by atoms with Crippen LogP contribution in [-0.4, -0.2) is 36.1 Å². The molecule has 0 unspecified atom stereocenters. The van der Waals surface area contributed by atoms with Gasteiger partial charge in [0.05, 0.1) is 46.7 Å². The zero-order valence-electron chi connectivity index (χ0n) is 30.4. The Morgan fingerprint density at radius 2 is 1.13 bits per heavy atom. The van der Waals surface area contributed by atoms with E-state index in [1.54, 1.807) is 0 Å². The van der Waals surface area contributed by atoms with E-state index in [1.165, 1.54) is 29.4 Å². The first-order chi connectivity index (χ1) is 26.0. The van der Waals surface area contributed by atoms with Crippen molar-refractivity contribution in [2.24, 2.45) is 5.73 Å². The summed E-state index contributed by atoms with van der Waals surface area (Å²) in [5, 5.41) is 29.3. The Bertz CT molecular complexity index is 2390. The lowest BCUT2D eigenvalue weighted by molar-refractivity contribution is -0.137. The number of carboxylic acid groups (broad SMARTS) is 1. The number of halogens is 4. The Hall–Kier alpha value is -6.58. The average Bonchev–Trinajstić information content (AvgIpc) is 3.78. The largest absolute Gasteiger partial charge is 0.480 e. The van der Waals surface area contributed by atoms with E-state index in [2.05, 4.69) is 27.4 Å². The number of nitriles is 2. The Morgan fingerprint density at radius 1 is 0.709 bits per heavy atom. The summed E-state index contributed by atoms with van der Waals surface area (Å²) in [6, 6.07) is 24.4. The molecule has 6 rings (SSSR count). The number of carbonyl (C=O) groups excluding carboxylic acids is 1. The van der Waals surface area contributed by atoms with E-state index in [1.807, 2.05) is 76.2 Å². The molecule has 11 nitrogen and oxygen atoms in total. The highest BCUT2D eigenvalue weighted by atomic mass is 19.2. The maximum atomic E-state index is 14.0. The normalized spacial score (nSPS) is 11.1. The van der Waals surface area contributed by atoms with Gasteiger partial charge in [0.1, 0.15) is 24.1 Å². The topological polar surface area (TPSA) is 176 Å². The van der Waals surface area contributed by atoms with Gasteiger partial charge in [-0.15, -0.1) is 0 Å². The quantitative estimate of drug-likeness (QED) is 0.135. The molecule has 15 heteroatoms. The number of hydrogen-bond donors (Lipinski definition) is 3. The van der Waals surface area contributed by atoms with Crippen molar-refractivity contribution in [2.45, 2.75) is 64.7 Å². The Balaban J connectivity index is 0.000000202. The van der Waals surface area contributed by atoms with Gasteiger partial charge in [0.25, 0.3) is 0 Å². The third-order valence-electron chi connectivity index (χ3n) is 8.60. The first kappa shape index (κ1) is 41.2. The summed E-state index contributed by atoms with van der Waals surface area (Å²) >= 11 is 0. The minimum Gasteiger partial charge on any atom is -0.480 e. The molecule has 4 aromatic carbocycles. The highest BCUT2D eigenvalue weighted by Crippen LogP contribution is 2.24. The van der Waals surface area contributed by atoms with Gasteiger partial charge < -0.3 is 25.3 Å². The van der Waals surface area contributed by atoms with Crippen LogP contribution in [0.1, 0.15) is 49.9 Å². The van der Waals surface area contributed by atoms with Gasteiger partial charge in [0.15, 0.2) is 23.3 Å². The van der Waals surface area contributed by atoms with Gasteiger partial charge in [-0.2, -0.15) is 10.5 Å². The highest BCUT2D eigenvalue weighted by molar-refractivity contribution is 5.81. The lowest BCUT2D eigenvalue weighted by atomic mass is 9.86. The predicted molar refractivity (Wildman–Crippen MR) is 197 cm³/mol. The molecule has 0 radical (unpaired) electrons. The molecule has 0 fully saturated rings. The van der Waals surface area contributed by atoms with E-state index < -0.39 is 46.6 Å². The molecule has 1 amide bonds. The highest BCUT2D eigenvalue weighted by Gasteiger charge is 2.20. The molecule has 0 spiro atoms. The van der Waals surface area contributed by atoms with Gasteiger partial charge in [-0.1, -0.05) is 48.5 Å². The van der Waals surface area contributed by atoms with E-state index in [0.29, 0.717) is 6.54 Å². The maximum absolute atomic E-state index is 14.0. The Morgan fingerprint density at radius 3 is 1.53 bits per heavy atom. The number of rotatable bonds is 9. The molecule has 6 aromatic rings. The first-order valence-electron chi connectivity index (χ1n) is 16.8. The lowest BCUT2D eigenvalue weighted by Gasteiger charge is -2.16. The number of carbonyl (C=O) groups is 2. The lowest BCUT2D eigenvalue weighted by Crippen LogP contribution is -2.27. The van der Waals surface area contributed by atoms with Crippen molar-refractivity contribution in [3.63, 3.8) is 0 Å². The summed E-state index contributed by atoms with van der Waals surface area (Å²) in [7, 11) is 0. The average molecular weight is 755 g/mol. The number of imidazole rings is 2. The second-order valence-corrected chi connectivity index (χ2v) is 13.4. The summed E-state index contributed by atoms with van der Waals surface area (Å²) in [4.78, 5) is 30.4. The van der Waals surface area contributed by atoms with Gasteiger partial charge in [-0.3, -0.25) is 9.59 Å². The van der Waals surface area contributed by atoms with Gasteiger partial charge in [0, 0.05) is 13.1 Å². The summed E-state index contributed by atoms with van der Waals surface area (Å²) in [5.41, 5.74) is 8.74. The Kier molecular flexibility index (Phi) is 13.1. The maximum Gasteiger partial charge on any atom is 0.323 e. The van der Waals surface area contributed by atoms with Crippen molar-refractivity contribution in [2.75, 3.05) is 0 Å². The number of carboxylic acids is 1.